The fourth-order valence-electron chi connectivity index (χ4n) is 2.49. The van der Waals surface area contributed by atoms with E-state index in [4.69, 9.17) is 4.74 Å². The number of rotatable bonds is 6. The van der Waals surface area contributed by atoms with Crippen LogP contribution in [-0.4, -0.2) is 11.8 Å². The molecule has 3 aromatic carbocycles. The largest absolute Gasteiger partial charge is 0.489 e. The fraction of sp³-hybridized carbons (Fsp3) is 0.0909. The highest BCUT2D eigenvalue weighted by Gasteiger charge is 2.10. The smallest absolute Gasteiger partial charge is 0.269 e. The van der Waals surface area contributed by atoms with E-state index < -0.39 is 17.6 Å². The Morgan fingerprint density at radius 3 is 2.21 bits per heavy atom. The van der Waals surface area contributed by atoms with Gasteiger partial charge < -0.3 is 4.74 Å². The fourth-order valence-corrected chi connectivity index (χ4v) is 2.49. The molecule has 2 amide bonds. The molecule has 0 aromatic heterocycles. The molecule has 0 atom stereocenters. The summed E-state index contributed by atoms with van der Waals surface area (Å²) in [4.78, 5) is 24.0. The quantitative estimate of drug-likeness (QED) is 0.646. The first kappa shape index (κ1) is 19.1. The maximum absolute atomic E-state index is 13.5. The van der Waals surface area contributed by atoms with Crippen molar-refractivity contribution in [2.24, 2.45) is 0 Å². The number of hydrazine groups is 1. The molecule has 0 saturated heterocycles. The van der Waals surface area contributed by atoms with Crippen LogP contribution in [-0.2, 0) is 17.8 Å². The van der Waals surface area contributed by atoms with Gasteiger partial charge in [0.15, 0.2) is 0 Å². The van der Waals surface area contributed by atoms with Crippen LogP contribution in [0.15, 0.2) is 78.9 Å². The van der Waals surface area contributed by atoms with Gasteiger partial charge >= 0.3 is 0 Å². The van der Waals surface area contributed by atoms with Crippen LogP contribution in [0.25, 0.3) is 0 Å². The zero-order valence-electron chi connectivity index (χ0n) is 15.0. The number of benzene rings is 3. The lowest BCUT2D eigenvalue weighted by atomic mass is 10.1. The average Bonchev–Trinajstić information content (AvgIpc) is 2.73. The number of carbonyl (C=O) groups is 2. The molecule has 6 heteroatoms. The molecule has 142 valence electrons. The SMILES string of the molecule is O=C(Cc1ccccc1F)NNC(=O)c1ccc(COc2ccccc2)cc1. The lowest BCUT2D eigenvalue weighted by Gasteiger charge is -2.09. The summed E-state index contributed by atoms with van der Waals surface area (Å²) in [5, 5.41) is 0. The summed E-state index contributed by atoms with van der Waals surface area (Å²) in [5.41, 5.74) is 6.16. The lowest BCUT2D eigenvalue weighted by molar-refractivity contribution is -0.121. The molecule has 0 unspecified atom stereocenters. The van der Waals surface area contributed by atoms with Gasteiger partial charge in [0.2, 0.25) is 5.91 Å². The van der Waals surface area contributed by atoms with Crippen LogP contribution in [0.3, 0.4) is 0 Å². The Bertz CT molecular complexity index is 944. The predicted molar refractivity (Wildman–Crippen MR) is 103 cm³/mol. The number of hydrogen-bond donors (Lipinski definition) is 2. The van der Waals surface area contributed by atoms with Gasteiger partial charge in [0.05, 0.1) is 6.42 Å². The van der Waals surface area contributed by atoms with Crippen molar-refractivity contribution in [1.29, 1.82) is 0 Å². The lowest BCUT2D eigenvalue weighted by Crippen LogP contribution is -2.42. The van der Waals surface area contributed by atoms with Crippen LogP contribution in [0.2, 0.25) is 0 Å². The molecule has 0 saturated carbocycles. The summed E-state index contributed by atoms with van der Waals surface area (Å²) in [6.45, 7) is 0.380. The molecule has 0 aliphatic rings. The third-order valence-corrected chi connectivity index (χ3v) is 3.99. The van der Waals surface area contributed by atoms with Gasteiger partial charge in [-0.25, -0.2) is 4.39 Å². The van der Waals surface area contributed by atoms with Gasteiger partial charge in [-0.3, -0.25) is 20.4 Å². The van der Waals surface area contributed by atoms with E-state index in [0.29, 0.717) is 12.2 Å². The molecule has 3 aromatic rings. The van der Waals surface area contributed by atoms with Gasteiger partial charge in [-0.15, -0.1) is 0 Å². The van der Waals surface area contributed by atoms with E-state index >= 15 is 0 Å². The van der Waals surface area contributed by atoms with Crippen molar-refractivity contribution in [3.63, 3.8) is 0 Å². The minimum absolute atomic E-state index is 0.164. The first-order valence-corrected chi connectivity index (χ1v) is 8.71. The number of ether oxygens (including phenoxy) is 1. The molecule has 5 nitrogen and oxygen atoms in total. The minimum atomic E-state index is -0.508. The number of para-hydroxylation sites is 1. The second kappa shape index (κ2) is 9.32. The summed E-state index contributed by atoms with van der Waals surface area (Å²) in [7, 11) is 0. The normalized spacial score (nSPS) is 10.2. The van der Waals surface area contributed by atoms with Crippen molar-refractivity contribution in [2.75, 3.05) is 0 Å². The summed E-state index contributed by atoms with van der Waals surface area (Å²) in [6.07, 6.45) is -0.164. The van der Waals surface area contributed by atoms with E-state index in [1.54, 1.807) is 36.4 Å². The molecule has 3 rings (SSSR count). The summed E-state index contributed by atoms with van der Waals surface area (Å²) < 4.78 is 19.2. The second-order valence-corrected chi connectivity index (χ2v) is 6.07. The first-order chi connectivity index (χ1) is 13.6. The monoisotopic (exact) mass is 378 g/mol. The van der Waals surface area contributed by atoms with Gasteiger partial charge in [-0.1, -0.05) is 48.5 Å². The van der Waals surface area contributed by atoms with Crippen LogP contribution >= 0.6 is 0 Å². The van der Waals surface area contributed by atoms with E-state index in [-0.39, 0.29) is 12.0 Å². The highest BCUT2D eigenvalue weighted by Crippen LogP contribution is 2.12. The number of nitrogens with one attached hydrogen (secondary N) is 2. The van der Waals surface area contributed by atoms with Crippen molar-refractivity contribution in [3.05, 3.63) is 101 Å². The van der Waals surface area contributed by atoms with Crippen molar-refractivity contribution < 1.29 is 18.7 Å². The topological polar surface area (TPSA) is 67.4 Å². The first-order valence-electron chi connectivity index (χ1n) is 8.71. The molecule has 0 fully saturated rings. The predicted octanol–water partition coefficient (Wildman–Crippen LogP) is 3.41. The Labute approximate surface area is 162 Å². The highest BCUT2D eigenvalue weighted by atomic mass is 19.1. The summed E-state index contributed by atoms with van der Waals surface area (Å²) in [5.74, 6) is -0.664. The number of amides is 2. The van der Waals surface area contributed by atoms with Crippen LogP contribution in [0, 0.1) is 5.82 Å². The molecule has 0 bridgehead atoms. The minimum Gasteiger partial charge on any atom is -0.489 e. The van der Waals surface area contributed by atoms with Gasteiger partial charge in [-0.2, -0.15) is 0 Å². The molecule has 0 heterocycles. The maximum Gasteiger partial charge on any atom is 0.269 e. The molecule has 0 aliphatic carbocycles. The van der Waals surface area contributed by atoms with Gasteiger partial charge in [0.25, 0.3) is 5.91 Å². The third kappa shape index (κ3) is 5.41. The Morgan fingerprint density at radius 2 is 1.50 bits per heavy atom. The van der Waals surface area contributed by atoms with Crippen molar-refractivity contribution in [3.8, 4) is 5.75 Å². The number of carbonyl (C=O) groups excluding carboxylic acids is 2. The summed E-state index contributed by atoms with van der Waals surface area (Å²) in [6, 6.07) is 22.3. The molecule has 0 aliphatic heterocycles. The number of hydrogen-bond acceptors (Lipinski definition) is 3. The van der Waals surface area contributed by atoms with Gasteiger partial charge in [0.1, 0.15) is 18.2 Å². The van der Waals surface area contributed by atoms with E-state index in [1.807, 2.05) is 30.3 Å². The second-order valence-electron chi connectivity index (χ2n) is 6.07. The molecule has 0 radical (unpaired) electrons. The van der Waals surface area contributed by atoms with E-state index in [2.05, 4.69) is 10.9 Å². The van der Waals surface area contributed by atoms with Crippen LogP contribution in [0.4, 0.5) is 4.39 Å². The Balaban J connectivity index is 1.47. The highest BCUT2D eigenvalue weighted by molar-refractivity contribution is 5.95. The Hall–Kier alpha value is -3.67. The van der Waals surface area contributed by atoms with E-state index in [1.165, 1.54) is 12.1 Å². The van der Waals surface area contributed by atoms with Gasteiger partial charge in [-0.05, 0) is 41.5 Å². The van der Waals surface area contributed by atoms with Crippen LogP contribution in [0.1, 0.15) is 21.5 Å². The molecule has 28 heavy (non-hydrogen) atoms. The zero-order valence-corrected chi connectivity index (χ0v) is 15.0. The van der Waals surface area contributed by atoms with Crippen molar-refractivity contribution >= 4 is 11.8 Å². The van der Waals surface area contributed by atoms with Crippen LogP contribution < -0.4 is 15.6 Å². The van der Waals surface area contributed by atoms with E-state index in [9.17, 15) is 14.0 Å². The maximum atomic E-state index is 13.5. The van der Waals surface area contributed by atoms with Crippen molar-refractivity contribution in [2.45, 2.75) is 13.0 Å². The van der Waals surface area contributed by atoms with E-state index in [0.717, 1.165) is 11.3 Å². The zero-order chi connectivity index (χ0) is 19.8. The molecular formula is C22H19FN2O3. The standard InChI is InChI=1S/C22H19FN2O3/c23-20-9-5-4-6-18(20)14-21(26)24-25-22(27)17-12-10-16(11-13-17)15-28-19-7-2-1-3-8-19/h1-13H,14-15H2,(H,24,26)(H,25,27). The Morgan fingerprint density at radius 1 is 0.821 bits per heavy atom. The molecule has 2 N–H and O–H groups in total. The molecule has 0 spiro atoms. The van der Waals surface area contributed by atoms with Crippen molar-refractivity contribution in [1.82, 2.24) is 10.9 Å². The summed E-state index contributed by atoms with van der Waals surface area (Å²) >= 11 is 0. The number of halogens is 1. The third-order valence-electron chi connectivity index (χ3n) is 3.99. The Kier molecular flexibility index (Phi) is 6.36. The van der Waals surface area contributed by atoms with Crippen LogP contribution in [0.5, 0.6) is 5.75 Å². The average molecular weight is 378 g/mol. The molecular weight excluding hydrogens is 359 g/mol. The van der Waals surface area contributed by atoms with Gasteiger partial charge in [0, 0.05) is 5.56 Å².